The molecule has 2 heterocycles. The number of rotatable bonds is 5. The molecule has 8 heteroatoms. The highest BCUT2D eigenvalue weighted by Crippen LogP contribution is 2.31. The lowest BCUT2D eigenvalue weighted by Crippen LogP contribution is -2.22. The fraction of sp³-hybridized carbons (Fsp3) is 0.294. The number of ether oxygens (including phenoxy) is 1. The summed E-state index contributed by atoms with van der Waals surface area (Å²) in [6, 6.07) is 8.69. The zero-order valence-corrected chi connectivity index (χ0v) is 14.8. The molecule has 0 bridgehead atoms. The van der Waals surface area contributed by atoms with Crippen molar-refractivity contribution < 1.29 is 17.9 Å². The minimum Gasteiger partial charge on any atom is -0.490 e. The van der Waals surface area contributed by atoms with Gasteiger partial charge in [-0.25, -0.2) is 13.1 Å². The van der Waals surface area contributed by atoms with Crippen molar-refractivity contribution >= 4 is 21.6 Å². The predicted molar refractivity (Wildman–Crippen MR) is 94.1 cm³/mol. The van der Waals surface area contributed by atoms with E-state index in [-0.39, 0.29) is 18.6 Å². The molecule has 0 aliphatic carbocycles. The fourth-order valence-electron chi connectivity index (χ4n) is 2.62. The smallest absolute Gasteiger partial charge is 0.255 e. The third-order valence-electron chi connectivity index (χ3n) is 3.75. The molecule has 0 fully saturated rings. The highest BCUT2D eigenvalue weighted by Gasteiger charge is 2.19. The van der Waals surface area contributed by atoms with Crippen LogP contribution in [0.1, 0.15) is 28.5 Å². The van der Waals surface area contributed by atoms with Gasteiger partial charge in [0.1, 0.15) is 11.9 Å². The summed E-state index contributed by atoms with van der Waals surface area (Å²) in [5.41, 5.74) is 2.63. The molecule has 2 N–H and O–H groups in total. The normalized spacial score (nSPS) is 16.2. The van der Waals surface area contributed by atoms with Crippen LogP contribution in [0.2, 0.25) is 0 Å². The van der Waals surface area contributed by atoms with E-state index in [4.69, 9.17) is 4.74 Å². The third kappa shape index (κ3) is 4.55. The standard InChI is InChI=1S/C17H19N3O4S/c1-11-7-13-9-14(3-4-16(13)24-11)20-17(21)12-5-6-18-15(8-12)10-19-25(2,22)23/h3-6,8-9,11,19H,7,10H2,1-2H3,(H,20,21). The number of anilines is 1. The zero-order valence-electron chi connectivity index (χ0n) is 13.9. The fourth-order valence-corrected chi connectivity index (χ4v) is 3.03. The Balaban J connectivity index is 1.70. The average Bonchev–Trinajstić information content (AvgIpc) is 2.92. The quantitative estimate of drug-likeness (QED) is 0.845. The number of nitrogens with zero attached hydrogens (tertiary/aromatic N) is 1. The Kier molecular flexibility index (Phi) is 4.73. The van der Waals surface area contributed by atoms with Gasteiger partial charge in [-0.2, -0.15) is 0 Å². The molecule has 7 nitrogen and oxygen atoms in total. The Morgan fingerprint density at radius 3 is 2.88 bits per heavy atom. The second-order valence-corrected chi connectivity index (χ2v) is 7.87. The van der Waals surface area contributed by atoms with Gasteiger partial charge in [-0.1, -0.05) is 0 Å². The molecule has 2 aromatic rings. The van der Waals surface area contributed by atoms with Crippen LogP contribution in [0.4, 0.5) is 5.69 Å². The predicted octanol–water partition coefficient (Wildman–Crippen LogP) is 1.71. The van der Waals surface area contributed by atoms with Crippen LogP contribution in [0.3, 0.4) is 0 Å². The molecule has 1 unspecified atom stereocenters. The van der Waals surface area contributed by atoms with Gasteiger partial charge in [0, 0.05) is 23.9 Å². The molecule has 1 atom stereocenters. The molecular weight excluding hydrogens is 342 g/mol. The summed E-state index contributed by atoms with van der Waals surface area (Å²) < 4.78 is 30.3. The van der Waals surface area contributed by atoms with E-state index in [2.05, 4.69) is 15.0 Å². The van der Waals surface area contributed by atoms with Crippen molar-refractivity contribution in [3.63, 3.8) is 0 Å². The topological polar surface area (TPSA) is 97.4 Å². The molecule has 1 aliphatic rings. The Bertz CT molecular complexity index is 912. The molecule has 25 heavy (non-hydrogen) atoms. The van der Waals surface area contributed by atoms with Crippen LogP contribution in [0, 0.1) is 0 Å². The number of pyridine rings is 1. The van der Waals surface area contributed by atoms with Crippen molar-refractivity contribution in [2.24, 2.45) is 0 Å². The molecule has 1 aromatic heterocycles. The maximum atomic E-state index is 12.4. The van der Waals surface area contributed by atoms with E-state index >= 15 is 0 Å². The number of sulfonamides is 1. The summed E-state index contributed by atoms with van der Waals surface area (Å²) in [5.74, 6) is 0.568. The van der Waals surface area contributed by atoms with Gasteiger partial charge in [0.25, 0.3) is 5.91 Å². The number of benzene rings is 1. The number of nitrogens with one attached hydrogen (secondary N) is 2. The van der Waals surface area contributed by atoms with E-state index in [1.807, 2.05) is 19.1 Å². The van der Waals surface area contributed by atoms with Crippen molar-refractivity contribution in [2.75, 3.05) is 11.6 Å². The largest absolute Gasteiger partial charge is 0.490 e. The number of fused-ring (bicyclic) bond motifs is 1. The molecule has 0 radical (unpaired) electrons. The van der Waals surface area contributed by atoms with E-state index in [1.54, 1.807) is 18.2 Å². The van der Waals surface area contributed by atoms with Crippen LogP contribution < -0.4 is 14.8 Å². The maximum Gasteiger partial charge on any atom is 0.255 e. The Morgan fingerprint density at radius 1 is 1.32 bits per heavy atom. The van der Waals surface area contributed by atoms with Gasteiger partial charge in [-0.3, -0.25) is 9.78 Å². The van der Waals surface area contributed by atoms with E-state index in [0.29, 0.717) is 16.9 Å². The molecule has 1 amide bonds. The number of hydrogen-bond acceptors (Lipinski definition) is 5. The van der Waals surface area contributed by atoms with E-state index in [1.165, 1.54) is 6.20 Å². The summed E-state index contributed by atoms with van der Waals surface area (Å²) in [7, 11) is -3.32. The molecule has 0 saturated heterocycles. The second-order valence-electron chi connectivity index (χ2n) is 6.04. The molecule has 1 aliphatic heterocycles. The van der Waals surface area contributed by atoms with Gasteiger partial charge < -0.3 is 10.1 Å². The molecule has 0 spiro atoms. The number of aromatic nitrogens is 1. The van der Waals surface area contributed by atoms with Crippen LogP contribution in [0.15, 0.2) is 36.5 Å². The summed E-state index contributed by atoms with van der Waals surface area (Å²) >= 11 is 0. The molecular formula is C17H19N3O4S. The zero-order chi connectivity index (χ0) is 18.0. The van der Waals surface area contributed by atoms with Crippen molar-refractivity contribution in [1.29, 1.82) is 0 Å². The molecule has 0 saturated carbocycles. The van der Waals surface area contributed by atoms with Crippen LogP contribution in [-0.4, -0.2) is 31.7 Å². The van der Waals surface area contributed by atoms with Crippen LogP contribution >= 0.6 is 0 Å². The lowest BCUT2D eigenvalue weighted by Gasteiger charge is -2.08. The molecule has 1 aromatic carbocycles. The van der Waals surface area contributed by atoms with E-state index in [9.17, 15) is 13.2 Å². The van der Waals surface area contributed by atoms with E-state index in [0.717, 1.165) is 24.0 Å². The van der Waals surface area contributed by atoms with Crippen molar-refractivity contribution in [2.45, 2.75) is 26.0 Å². The highest BCUT2D eigenvalue weighted by atomic mass is 32.2. The third-order valence-corrected chi connectivity index (χ3v) is 4.42. The Hall–Kier alpha value is -2.45. The first-order valence-electron chi connectivity index (χ1n) is 7.81. The monoisotopic (exact) mass is 361 g/mol. The Labute approximate surface area is 146 Å². The minimum absolute atomic E-state index is 0.0357. The highest BCUT2D eigenvalue weighted by molar-refractivity contribution is 7.88. The van der Waals surface area contributed by atoms with Gasteiger partial charge in [-0.05, 0) is 42.8 Å². The van der Waals surface area contributed by atoms with Gasteiger partial charge in [0.2, 0.25) is 10.0 Å². The number of carbonyl (C=O) groups excluding carboxylic acids is 1. The average molecular weight is 361 g/mol. The summed E-state index contributed by atoms with van der Waals surface area (Å²) in [6.07, 6.45) is 3.51. The molecule has 132 valence electrons. The lowest BCUT2D eigenvalue weighted by atomic mass is 10.1. The summed E-state index contributed by atoms with van der Waals surface area (Å²) in [6.45, 7) is 2.04. The summed E-state index contributed by atoms with van der Waals surface area (Å²) in [4.78, 5) is 16.5. The SMILES string of the molecule is CC1Cc2cc(NC(=O)c3ccnc(CNS(C)(=O)=O)c3)ccc2O1. The van der Waals surface area contributed by atoms with Crippen molar-refractivity contribution in [1.82, 2.24) is 9.71 Å². The minimum atomic E-state index is -3.32. The van der Waals surface area contributed by atoms with Gasteiger partial charge in [0.05, 0.1) is 18.5 Å². The second kappa shape index (κ2) is 6.81. The van der Waals surface area contributed by atoms with Crippen molar-refractivity contribution in [3.8, 4) is 5.75 Å². The van der Waals surface area contributed by atoms with Gasteiger partial charge in [-0.15, -0.1) is 0 Å². The first-order chi connectivity index (χ1) is 11.8. The number of amides is 1. The van der Waals surface area contributed by atoms with Gasteiger partial charge >= 0.3 is 0 Å². The number of carbonyl (C=O) groups is 1. The van der Waals surface area contributed by atoms with Crippen LogP contribution in [-0.2, 0) is 23.0 Å². The first-order valence-corrected chi connectivity index (χ1v) is 9.70. The lowest BCUT2D eigenvalue weighted by molar-refractivity contribution is 0.102. The molecule has 3 rings (SSSR count). The Morgan fingerprint density at radius 2 is 2.12 bits per heavy atom. The number of hydrogen-bond donors (Lipinski definition) is 2. The van der Waals surface area contributed by atoms with E-state index < -0.39 is 10.0 Å². The van der Waals surface area contributed by atoms with Gasteiger partial charge in [0.15, 0.2) is 0 Å². The summed E-state index contributed by atoms with van der Waals surface area (Å²) in [5, 5.41) is 2.84. The van der Waals surface area contributed by atoms with Crippen molar-refractivity contribution in [3.05, 3.63) is 53.3 Å². The van der Waals surface area contributed by atoms with Crippen LogP contribution in [0.5, 0.6) is 5.75 Å². The first kappa shape index (κ1) is 17.4. The van der Waals surface area contributed by atoms with Crippen LogP contribution in [0.25, 0.3) is 0 Å². The maximum absolute atomic E-state index is 12.4.